The van der Waals surface area contributed by atoms with Crippen molar-refractivity contribution in [3.8, 4) is 0 Å². The highest BCUT2D eigenvalue weighted by Crippen LogP contribution is 2.43. The topological polar surface area (TPSA) is 102 Å². The molecule has 0 aliphatic carbocycles. The molecule has 9 nitrogen and oxygen atoms in total. The highest BCUT2D eigenvalue weighted by atomic mass is 16.8. The van der Waals surface area contributed by atoms with Crippen LogP contribution in [-0.4, -0.2) is 68.3 Å². The molecule has 2 aliphatic rings. The van der Waals surface area contributed by atoms with Gasteiger partial charge in [-0.1, -0.05) is 0 Å². The van der Waals surface area contributed by atoms with Crippen molar-refractivity contribution in [1.29, 1.82) is 0 Å². The number of amides is 1. The van der Waals surface area contributed by atoms with Crippen LogP contribution in [0.25, 0.3) is 0 Å². The fourth-order valence-corrected chi connectivity index (χ4v) is 2.99. The summed E-state index contributed by atoms with van der Waals surface area (Å²) >= 11 is 0. The van der Waals surface area contributed by atoms with Crippen LogP contribution in [0.3, 0.4) is 0 Å². The summed E-state index contributed by atoms with van der Waals surface area (Å²) in [6.07, 6.45) is -2.98. The van der Waals surface area contributed by atoms with E-state index in [0.29, 0.717) is 0 Å². The van der Waals surface area contributed by atoms with E-state index in [1.807, 2.05) is 0 Å². The van der Waals surface area contributed by atoms with Crippen LogP contribution in [-0.2, 0) is 33.2 Å². The van der Waals surface area contributed by atoms with Gasteiger partial charge in [-0.2, -0.15) is 0 Å². The van der Waals surface area contributed by atoms with Gasteiger partial charge in [-0.05, 0) is 34.6 Å². The Morgan fingerprint density at radius 3 is 2.28 bits per heavy atom. The van der Waals surface area contributed by atoms with Crippen molar-refractivity contribution in [3.63, 3.8) is 0 Å². The molecule has 0 bridgehead atoms. The molecule has 25 heavy (non-hydrogen) atoms. The monoisotopic (exact) mass is 361 g/mol. The Balaban J connectivity index is 2.19. The van der Waals surface area contributed by atoms with E-state index in [9.17, 15) is 9.59 Å². The molecule has 0 spiro atoms. The first-order valence-electron chi connectivity index (χ1n) is 8.05. The predicted molar refractivity (Wildman–Crippen MR) is 84.7 cm³/mol. The molecule has 2 fully saturated rings. The number of carbonyl (C=O) groups is 2. The van der Waals surface area contributed by atoms with Crippen molar-refractivity contribution in [1.82, 2.24) is 5.32 Å². The van der Waals surface area contributed by atoms with Gasteiger partial charge in [0.05, 0.1) is 13.7 Å². The lowest BCUT2D eigenvalue weighted by Gasteiger charge is -2.33. The number of esters is 1. The van der Waals surface area contributed by atoms with Gasteiger partial charge in [-0.25, -0.2) is 9.59 Å². The van der Waals surface area contributed by atoms with Crippen molar-refractivity contribution in [3.05, 3.63) is 0 Å². The van der Waals surface area contributed by atoms with E-state index >= 15 is 0 Å². The summed E-state index contributed by atoms with van der Waals surface area (Å²) < 4.78 is 32.8. The smallest absolute Gasteiger partial charge is 0.407 e. The molecule has 1 N–H and O–H groups in total. The largest absolute Gasteiger partial charge is 0.467 e. The highest BCUT2D eigenvalue weighted by Gasteiger charge is 2.66. The molecule has 144 valence electrons. The Labute approximate surface area is 147 Å². The minimum absolute atomic E-state index is 0.215. The van der Waals surface area contributed by atoms with Crippen LogP contribution in [0.1, 0.15) is 34.6 Å². The SMILES string of the molecule is COC(=O)[C@]1(CNC(=O)OC(C)(C)C)O[C@@H]2OC(C)(C)O[C@@H]2[C@H]1OC. The molecule has 1 amide bonds. The molecule has 2 saturated heterocycles. The molecular formula is C16H27NO8. The molecule has 2 aliphatic heterocycles. The number of rotatable bonds is 4. The van der Waals surface area contributed by atoms with E-state index in [1.54, 1.807) is 34.6 Å². The molecule has 0 aromatic heterocycles. The van der Waals surface area contributed by atoms with E-state index in [1.165, 1.54) is 14.2 Å². The van der Waals surface area contributed by atoms with E-state index in [0.717, 1.165) is 0 Å². The third-order valence-corrected chi connectivity index (χ3v) is 3.85. The van der Waals surface area contributed by atoms with E-state index < -0.39 is 47.5 Å². The van der Waals surface area contributed by atoms with Crippen LogP contribution in [0.4, 0.5) is 4.79 Å². The van der Waals surface area contributed by atoms with Gasteiger partial charge in [-0.15, -0.1) is 0 Å². The Morgan fingerprint density at radius 2 is 1.76 bits per heavy atom. The van der Waals surface area contributed by atoms with Gasteiger partial charge in [0.15, 0.2) is 12.1 Å². The van der Waals surface area contributed by atoms with Crippen molar-refractivity contribution in [2.75, 3.05) is 20.8 Å². The van der Waals surface area contributed by atoms with Crippen LogP contribution in [0, 0.1) is 0 Å². The first-order chi connectivity index (χ1) is 11.4. The third kappa shape index (κ3) is 4.05. The molecule has 0 saturated carbocycles. The van der Waals surface area contributed by atoms with Crippen LogP contribution < -0.4 is 5.32 Å². The average Bonchev–Trinajstić information content (AvgIpc) is 2.91. The highest BCUT2D eigenvalue weighted by molar-refractivity contribution is 5.82. The maximum atomic E-state index is 12.5. The zero-order valence-corrected chi connectivity index (χ0v) is 15.7. The summed E-state index contributed by atoms with van der Waals surface area (Å²) in [5.41, 5.74) is -2.28. The summed E-state index contributed by atoms with van der Waals surface area (Å²) in [6.45, 7) is 8.47. The number of ether oxygens (including phenoxy) is 6. The van der Waals surface area contributed by atoms with Crippen LogP contribution >= 0.6 is 0 Å². The molecule has 9 heteroatoms. The molecule has 2 heterocycles. The molecule has 0 radical (unpaired) electrons. The number of hydrogen-bond donors (Lipinski definition) is 1. The Kier molecular flexibility index (Phi) is 5.34. The average molecular weight is 361 g/mol. The molecule has 0 aromatic carbocycles. The quantitative estimate of drug-likeness (QED) is 0.739. The molecular weight excluding hydrogens is 334 g/mol. The van der Waals surface area contributed by atoms with Crippen molar-refractivity contribution < 1.29 is 38.0 Å². The Hall–Kier alpha value is -1.42. The summed E-state index contributed by atoms with van der Waals surface area (Å²) in [6, 6.07) is 0. The van der Waals surface area contributed by atoms with Gasteiger partial charge in [0.2, 0.25) is 5.60 Å². The number of carbonyl (C=O) groups excluding carboxylic acids is 2. The second kappa shape index (κ2) is 6.71. The second-order valence-corrected chi connectivity index (χ2v) is 7.48. The standard InChI is InChI=1S/C16H27NO8/c1-14(2,3)25-13(19)17-8-16(12(18)21-7)10(20-6)9-11(24-16)23-15(4,5)22-9/h9-11H,8H2,1-7H3,(H,17,19)/t9-,10-,11+,16-/m1/s1. The van der Waals surface area contributed by atoms with Crippen molar-refractivity contribution >= 4 is 12.1 Å². The van der Waals surface area contributed by atoms with Gasteiger partial charge < -0.3 is 33.7 Å². The van der Waals surface area contributed by atoms with Gasteiger partial charge >= 0.3 is 12.1 Å². The van der Waals surface area contributed by atoms with Crippen molar-refractivity contribution in [2.24, 2.45) is 0 Å². The first-order valence-corrected chi connectivity index (χ1v) is 8.05. The molecule has 0 unspecified atom stereocenters. The van der Waals surface area contributed by atoms with E-state index in [-0.39, 0.29) is 6.54 Å². The van der Waals surface area contributed by atoms with Gasteiger partial charge in [0.25, 0.3) is 0 Å². The fraction of sp³-hybridized carbons (Fsp3) is 0.875. The van der Waals surface area contributed by atoms with E-state index in [4.69, 9.17) is 28.4 Å². The van der Waals surface area contributed by atoms with E-state index in [2.05, 4.69) is 5.32 Å². The predicted octanol–water partition coefficient (Wildman–Crippen LogP) is 0.946. The number of methoxy groups -OCH3 is 2. The van der Waals surface area contributed by atoms with Gasteiger partial charge in [0, 0.05) is 7.11 Å². The van der Waals surface area contributed by atoms with Gasteiger partial charge in [0.1, 0.15) is 17.8 Å². The number of alkyl carbamates (subject to hydrolysis) is 1. The zero-order valence-electron chi connectivity index (χ0n) is 15.7. The number of hydrogen-bond acceptors (Lipinski definition) is 8. The lowest BCUT2D eigenvalue weighted by molar-refractivity contribution is -0.244. The summed E-state index contributed by atoms with van der Waals surface area (Å²) in [4.78, 5) is 24.4. The lowest BCUT2D eigenvalue weighted by Crippen LogP contribution is -2.59. The summed E-state index contributed by atoms with van der Waals surface area (Å²) in [7, 11) is 2.66. The number of fused-ring (bicyclic) bond motifs is 1. The summed E-state index contributed by atoms with van der Waals surface area (Å²) in [5, 5.41) is 2.53. The number of nitrogens with one attached hydrogen (secondary N) is 1. The summed E-state index contributed by atoms with van der Waals surface area (Å²) in [5.74, 6) is -1.57. The second-order valence-electron chi connectivity index (χ2n) is 7.48. The van der Waals surface area contributed by atoms with Crippen LogP contribution in [0.2, 0.25) is 0 Å². The first kappa shape index (κ1) is 19.9. The minimum atomic E-state index is -1.60. The van der Waals surface area contributed by atoms with Gasteiger partial charge in [-0.3, -0.25) is 0 Å². The Bertz CT molecular complexity index is 529. The van der Waals surface area contributed by atoms with Crippen LogP contribution in [0.15, 0.2) is 0 Å². The maximum Gasteiger partial charge on any atom is 0.407 e. The fourth-order valence-electron chi connectivity index (χ4n) is 2.99. The minimum Gasteiger partial charge on any atom is -0.467 e. The molecule has 2 rings (SSSR count). The normalized spacial score (nSPS) is 33.6. The maximum absolute atomic E-state index is 12.5. The third-order valence-electron chi connectivity index (χ3n) is 3.85. The zero-order chi connectivity index (χ0) is 19.0. The molecule has 4 atom stereocenters. The van der Waals surface area contributed by atoms with Crippen molar-refractivity contribution in [2.45, 2.75) is 70.1 Å². The molecule has 0 aromatic rings. The van der Waals surface area contributed by atoms with Crippen LogP contribution in [0.5, 0.6) is 0 Å². The Morgan fingerprint density at radius 1 is 1.12 bits per heavy atom. The lowest BCUT2D eigenvalue weighted by atomic mass is 9.95.